The summed E-state index contributed by atoms with van der Waals surface area (Å²) in [5.41, 5.74) is 0.815. The molecule has 19 heavy (non-hydrogen) atoms. The summed E-state index contributed by atoms with van der Waals surface area (Å²) in [6.07, 6.45) is 1.70. The van der Waals surface area contributed by atoms with Crippen molar-refractivity contribution in [3.63, 3.8) is 0 Å². The summed E-state index contributed by atoms with van der Waals surface area (Å²) in [6.45, 7) is 6.87. The van der Waals surface area contributed by atoms with Crippen molar-refractivity contribution < 1.29 is 14.3 Å². The molecule has 1 aliphatic heterocycles. The van der Waals surface area contributed by atoms with E-state index in [1.165, 1.54) is 0 Å². The zero-order valence-corrected chi connectivity index (χ0v) is 12.0. The van der Waals surface area contributed by atoms with Gasteiger partial charge in [-0.05, 0) is 27.0 Å². The molecule has 1 fully saturated rings. The summed E-state index contributed by atoms with van der Waals surface area (Å²) in [4.78, 5) is 2.21. The Balaban J connectivity index is 1.93. The minimum absolute atomic E-state index is 0.0885. The number of aryl methyl sites for hydroxylation is 1. The van der Waals surface area contributed by atoms with Gasteiger partial charge in [0.25, 0.3) is 0 Å². The second-order valence-electron chi connectivity index (χ2n) is 5.46. The van der Waals surface area contributed by atoms with Gasteiger partial charge >= 0.3 is 0 Å². The van der Waals surface area contributed by atoms with E-state index in [1.54, 1.807) is 6.26 Å². The molecule has 0 spiro atoms. The van der Waals surface area contributed by atoms with Crippen LogP contribution >= 0.6 is 0 Å². The Morgan fingerprint density at radius 2 is 2.37 bits per heavy atom. The highest BCUT2D eigenvalue weighted by Gasteiger charge is 2.39. The molecule has 2 rings (SSSR count). The summed E-state index contributed by atoms with van der Waals surface area (Å²) >= 11 is 0. The van der Waals surface area contributed by atoms with Gasteiger partial charge in [0.15, 0.2) is 0 Å². The van der Waals surface area contributed by atoms with E-state index in [-0.39, 0.29) is 12.1 Å². The van der Waals surface area contributed by atoms with Crippen LogP contribution in [0.2, 0.25) is 0 Å². The van der Waals surface area contributed by atoms with Crippen LogP contribution < -0.4 is 5.32 Å². The molecule has 0 amide bonds. The standard InChI is InChI=1S/C14H24N2O3/c1-11-7-18-10-14(9-17,16(11)3)8-15-6-13-4-5-19-12(13)2/h4-5,11,15,17H,6-10H2,1-3H3/t11-,14+/m1/s1. The minimum atomic E-state index is -0.338. The van der Waals surface area contributed by atoms with Crippen LogP contribution in [0.15, 0.2) is 16.7 Å². The lowest BCUT2D eigenvalue weighted by atomic mass is 9.96. The normalized spacial score (nSPS) is 28.7. The molecule has 0 radical (unpaired) electrons. The molecular weight excluding hydrogens is 244 g/mol. The van der Waals surface area contributed by atoms with Crippen molar-refractivity contribution in [1.29, 1.82) is 0 Å². The Morgan fingerprint density at radius 3 is 3.00 bits per heavy atom. The van der Waals surface area contributed by atoms with E-state index in [4.69, 9.17) is 9.15 Å². The Kier molecular flexibility index (Phi) is 4.62. The molecule has 2 heterocycles. The fourth-order valence-electron chi connectivity index (χ4n) is 2.51. The van der Waals surface area contributed by atoms with Gasteiger partial charge in [-0.25, -0.2) is 0 Å². The Labute approximate surface area is 114 Å². The number of aliphatic hydroxyl groups is 1. The van der Waals surface area contributed by atoms with Gasteiger partial charge < -0.3 is 19.6 Å². The van der Waals surface area contributed by atoms with Crippen LogP contribution in [0.1, 0.15) is 18.2 Å². The highest BCUT2D eigenvalue weighted by atomic mass is 16.5. The molecule has 0 unspecified atom stereocenters. The van der Waals surface area contributed by atoms with E-state index in [9.17, 15) is 5.11 Å². The first kappa shape index (κ1) is 14.5. The maximum atomic E-state index is 9.76. The lowest BCUT2D eigenvalue weighted by Gasteiger charge is -2.47. The SMILES string of the molecule is Cc1occc1CNC[C@]1(CO)COC[C@@H](C)N1C. The van der Waals surface area contributed by atoms with Crippen molar-refractivity contribution in [2.45, 2.75) is 32.0 Å². The molecule has 0 saturated carbocycles. The van der Waals surface area contributed by atoms with Gasteiger partial charge in [-0.2, -0.15) is 0 Å². The summed E-state index contributed by atoms with van der Waals surface area (Å²) in [5.74, 6) is 0.937. The van der Waals surface area contributed by atoms with Crippen molar-refractivity contribution in [3.05, 3.63) is 23.7 Å². The monoisotopic (exact) mass is 268 g/mol. The summed E-state index contributed by atoms with van der Waals surface area (Å²) in [5, 5.41) is 13.2. The molecule has 1 aliphatic rings. The Bertz CT molecular complexity index is 407. The number of hydrogen-bond donors (Lipinski definition) is 2. The first-order valence-corrected chi connectivity index (χ1v) is 6.74. The minimum Gasteiger partial charge on any atom is -0.469 e. The van der Waals surface area contributed by atoms with Crippen LogP contribution in [0.25, 0.3) is 0 Å². The quantitative estimate of drug-likeness (QED) is 0.825. The molecule has 0 bridgehead atoms. The van der Waals surface area contributed by atoms with Crippen molar-refractivity contribution in [1.82, 2.24) is 10.2 Å². The van der Waals surface area contributed by atoms with Gasteiger partial charge in [-0.15, -0.1) is 0 Å². The van der Waals surface area contributed by atoms with Gasteiger partial charge in [0.1, 0.15) is 5.76 Å². The molecule has 5 nitrogen and oxygen atoms in total. The fourth-order valence-corrected chi connectivity index (χ4v) is 2.51. The van der Waals surface area contributed by atoms with E-state index < -0.39 is 0 Å². The third-order valence-electron chi connectivity index (χ3n) is 4.17. The maximum Gasteiger partial charge on any atom is 0.105 e. The van der Waals surface area contributed by atoms with Crippen molar-refractivity contribution in [2.75, 3.05) is 33.4 Å². The first-order chi connectivity index (χ1) is 9.09. The van der Waals surface area contributed by atoms with E-state index in [2.05, 4.69) is 17.1 Å². The molecule has 108 valence electrons. The van der Waals surface area contributed by atoms with Gasteiger partial charge in [0, 0.05) is 24.7 Å². The molecule has 5 heteroatoms. The number of ether oxygens (including phenoxy) is 1. The molecule has 2 atom stereocenters. The number of morpholine rings is 1. The topological polar surface area (TPSA) is 57.9 Å². The Hall–Kier alpha value is -0.880. The number of likely N-dealkylation sites (N-methyl/N-ethyl adjacent to an activating group) is 1. The van der Waals surface area contributed by atoms with Gasteiger partial charge in [0.05, 0.1) is 31.6 Å². The first-order valence-electron chi connectivity index (χ1n) is 6.74. The van der Waals surface area contributed by atoms with Crippen LogP contribution in [0.4, 0.5) is 0 Å². The fraction of sp³-hybridized carbons (Fsp3) is 0.714. The zero-order chi connectivity index (χ0) is 13.9. The van der Waals surface area contributed by atoms with Crippen LogP contribution in [0, 0.1) is 6.92 Å². The third-order valence-corrected chi connectivity index (χ3v) is 4.17. The lowest BCUT2D eigenvalue weighted by molar-refractivity contribution is -0.106. The average molecular weight is 268 g/mol. The maximum absolute atomic E-state index is 9.76. The van der Waals surface area contributed by atoms with Crippen LogP contribution in [-0.2, 0) is 11.3 Å². The molecule has 1 aromatic heterocycles. The van der Waals surface area contributed by atoms with E-state index in [1.807, 2.05) is 20.0 Å². The van der Waals surface area contributed by atoms with E-state index in [0.717, 1.165) is 24.5 Å². The number of aliphatic hydroxyl groups excluding tert-OH is 1. The predicted octanol–water partition coefficient (Wildman–Crippen LogP) is 0.759. The van der Waals surface area contributed by atoms with Crippen LogP contribution in [-0.4, -0.2) is 55.0 Å². The zero-order valence-electron chi connectivity index (χ0n) is 12.0. The average Bonchev–Trinajstić information content (AvgIpc) is 2.81. The summed E-state index contributed by atoms with van der Waals surface area (Å²) in [7, 11) is 2.05. The van der Waals surface area contributed by atoms with E-state index >= 15 is 0 Å². The van der Waals surface area contributed by atoms with E-state index in [0.29, 0.717) is 19.2 Å². The molecular formula is C14H24N2O3. The van der Waals surface area contributed by atoms with Crippen molar-refractivity contribution >= 4 is 0 Å². The lowest BCUT2D eigenvalue weighted by Crippen LogP contribution is -2.65. The molecule has 0 aliphatic carbocycles. The summed E-state index contributed by atoms with van der Waals surface area (Å²) in [6, 6.07) is 2.29. The number of nitrogens with one attached hydrogen (secondary N) is 1. The number of furan rings is 1. The smallest absolute Gasteiger partial charge is 0.105 e. The second kappa shape index (κ2) is 6.05. The van der Waals surface area contributed by atoms with Crippen molar-refractivity contribution in [2.24, 2.45) is 0 Å². The Morgan fingerprint density at radius 1 is 1.58 bits per heavy atom. The molecule has 1 aromatic rings. The molecule has 1 saturated heterocycles. The van der Waals surface area contributed by atoms with Gasteiger partial charge in [0.2, 0.25) is 0 Å². The second-order valence-corrected chi connectivity index (χ2v) is 5.46. The third kappa shape index (κ3) is 3.00. The predicted molar refractivity (Wildman–Crippen MR) is 73.0 cm³/mol. The molecule has 2 N–H and O–H groups in total. The summed E-state index contributed by atoms with van der Waals surface area (Å²) < 4.78 is 10.9. The number of rotatable bonds is 5. The van der Waals surface area contributed by atoms with Crippen molar-refractivity contribution in [3.8, 4) is 0 Å². The van der Waals surface area contributed by atoms with Crippen LogP contribution in [0.3, 0.4) is 0 Å². The highest BCUT2D eigenvalue weighted by molar-refractivity contribution is 5.15. The number of hydrogen-bond acceptors (Lipinski definition) is 5. The van der Waals surface area contributed by atoms with Gasteiger partial charge in [-0.3, -0.25) is 4.90 Å². The highest BCUT2D eigenvalue weighted by Crippen LogP contribution is 2.21. The molecule has 0 aromatic carbocycles. The van der Waals surface area contributed by atoms with Gasteiger partial charge in [-0.1, -0.05) is 0 Å². The van der Waals surface area contributed by atoms with Crippen LogP contribution in [0.5, 0.6) is 0 Å². The largest absolute Gasteiger partial charge is 0.469 e. The number of nitrogens with zero attached hydrogens (tertiary/aromatic N) is 1.